The number of nitrogens with two attached hydrogens (primary N) is 1. The average Bonchev–Trinajstić information content (AvgIpc) is 3.16. The molecule has 0 saturated heterocycles. The van der Waals surface area contributed by atoms with E-state index in [0.29, 0.717) is 22.3 Å². The van der Waals surface area contributed by atoms with Crippen molar-refractivity contribution in [1.29, 1.82) is 0 Å². The van der Waals surface area contributed by atoms with E-state index < -0.39 is 11.7 Å². The van der Waals surface area contributed by atoms with Gasteiger partial charge in [-0.3, -0.25) is 0 Å². The van der Waals surface area contributed by atoms with Gasteiger partial charge < -0.3 is 25.4 Å². The number of aromatic nitrogens is 3. The van der Waals surface area contributed by atoms with E-state index in [-0.39, 0.29) is 11.6 Å². The van der Waals surface area contributed by atoms with Crippen LogP contribution in [0.5, 0.6) is 0 Å². The molecule has 0 aliphatic rings. The zero-order valence-electron chi connectivity index (χ0n) is 20.8. The Morgan fingerprint density at radius 3 is 2.50 bits per heavy atom. The predicted octanol–water partition coefficient (Wildman–Crippen LogP) is 5.37. The molecule has 4 rings (SSSR count). The first kappa shape index (κ1) is 25.3. The lowest BCUT2D eigenvalue weighted by atomic mass is 10.1. The second-order valence-electron chi connectivity index (χ2n) is 8.91. The van der Waals surface area contributed by atoms with Crippen LogP contribution in [0.4, 0.5) is 36.2 Å². The quantitative estimate of drug-likeness (QED) is 0.319. The normalized spacial score (nSPS) is 11.9. The van der Waals surface area contributed by atoms with E-state index >= 15 is 0 Å². The summed E-state index contributed by atoms with van der Waals surface area (Å²) in [5, 5.41) is 3.70. The third kappa shape index (κ3) is 5.23. The van der Waals surface area contributed by atoms with Crippen LogP contribution < -0.4 is 16.0 Å². The summed E-state index contributed by atoms with van der Waals surface area (Å²) in [6.07, 6.45) is -2.12. The molecular weight excluding hydrogens is 467 g/mol. The topological polar surface area (TPSA) is 75.2 Å². The van der Waals surface area contributed by atoms with Gasteiger partial charge in [0.15, 0.2) is 0 Å². The minimum Gasteiger partial charge on any atom is -0.397 e. The van der Waals surface area contributed by atoms with Gasteiger partial charge in [-0.15, -0.1) is 0 Å². The second kappa shape index (κ2) is 10.1. The Bertz CT molecular complexity index is 1360. The Balaban J connectivity index is 1.69. The maximum absolute atomic E-state index is 13.9. The smallest absolute Gasteiger partial charge is 0.397 e. The van der Waals surface area contributed by atoms with E-state index in [1.54, 1.807) is 36.0 Å². The highest BCUT2D eigenvalue weighted by Gasteiger charge is 2.36. The number of hydrogen-bond donors (Lipinski definition) is 2. The first-order chi connectivity index (χ1) is 17.1. The van der Waals surface area contributed by atoms with E-state index in [1.165, 1.54) is 0 Å². The molecule has 4 aromatic rings. The summed E-state index contributed by atoms with van der Waals surface area (Å²) in [6.45, 7) is 4.55. The number of para-hydroxylation sites is 1. The Labute approximate surface area is 208 Å². The first-order valence-corrected chi connectivity index (χ1v) is 11.6. The molecule has 2 aromatic carbocycles. The van der Waals surface area contributed by atoms with Crippen LogP contribution in [0.1, 0.15) is 12.5 Å². The number of rotatable bonds is 8. The molecule has 0 saturated carbocycles. The average molecular weight is 498 g/mol. The highest BCUT2D eigenvalue weighted by atomic mass is 19.4. The summed E-state index contributed by atoms with van der Waals surface area (Å²) in [6, 6.07) is 12.7. The number of alkyl halides is 3. The molecule has 0 aliphatic heterocycles. The van der Waals surface area contributed by atoms with Crippen LogP contribution in [-0.4, -0.2) is 53.2 Å². The van der Waals surface area contributed by atoms with Crippen molar-refractivity contribution in [2.75, 3.05) is 49.7 Å². The zero-order valence-corrected chi connectivity index (χ0v) is 20.8. The van der Waals surface area contributed by atoms with Crippen molar-refractivity contribution >= 4 is 33.9 Å². The van der Waals surface area contributed by atoms with Crippen LogP contribution >= 0.6 is 0 Å². The summed E-state index contributed by atoms with van der Waals surface area (Å²) in [5.74, 6) is 0.0537. The lowest BCUT2D eigenvalue weighted by molar-refractivity contribution is -0.137. The number of hydrogen-bond acceptors (Lipinski definition) is 6. The Kier molecular flexibility index (Phi) is 7.07. The van der Waals surface area contributed by atoms with Gasteiger partial charge in [-0.1, -0.05) is 18.2 Å². The fourth-order valence-electron chi connectivity index (χ4n) is 4.20. The molecule has 0 radical (unpaired) electrons. The van der Waals surface area contributed by atoms with E-state index in [4.69, 9.17) is 5.73 Å². The van der Waals surface area contributed by atoms with Crippen LogP contribution in [0.3, 0.4) is 0 Å². The van der Waals surface area contributed by atoms with Crippen molar-refractivity contribution in [3.63, 3.8) is 0 Å². The molecule has 0 amide bonds. The van der Waals surface area contributed by atoms with E-state index in [0.717, 1.165) is 37.0 Å². The van der Waals surface area contributed by atoms with Crippen molar-refractivity contribution in [2.24, 2.45) is 7.05 Å². The molecule has 0 spiro atoms. The fraction of sp³-hybridized carbons (Fsp3) is 0.308. The SMILES string of the molecule is CCN(CCN(C)C)c1ccc(Nc2ncc(C(F)(F)F)c(-c3cn(C)c4ccccc34)n2)cc1N. The van der Waals surface area contributed by atoms with E-state index in [9.17, 15) is 13.2 Å². The molecule has 2 aromatic heterocycles. The van der Waals surface area contributed by atoms with Crippen LogP contribution in [0.15, 0.2) is 54.9 Å². The minimum absolute atomic E-state index is 0.0537. The number of fused-ring (bicyclic) bond motifs is 1. The predicted molar refractivity (Wildman–Crippen MR) is 140 cm³/mol. The van der Waals surface area contributed by atoms with Crippen LogP contribution in [0.25, 0.3) is 22.2 Å². The Morgan fingerprint density at radius 2 is 1.83 bits per heavy atom. The number of likely N-dealkylation sites (N-methyl/N-ethyl adjacent to an activating group) is 2. The Morgan fingerprint density at radius 1 is 1.08 bits per heavy atom. The molecule has 0 unspecified atom stereocenters. The lowest BCUT2D eigenvalue weighted by Crippen LogP contribution is -2.32. The molecule has 0 atom stereocenters. The molecule has 7 nitrogen and oxygen atoms in total. The Hall–Kier alpha value is -3.79. The van der Waals surface area contributed by atoms with Gasteiger partial charge in [-0.2, -0.15) is 13.2 Å². The third-order valence-corrected chi connectivity index (χ3v) is 6.07. The fourth-order valence-corrected chi connectivity index (χ4v) is 4.20. The standard InChI is InChI=1S/C26H30F3N7/c1-5-36(13-12-34(2)3)23-11-10-17(14-21(23)30)32-25-31-15-20(26(27,28)29)24(33-25)19-16-35(4)22-9-7-6-8-18(19)22/h6-11,14-16H,5,12-13,30H2,1-4H3,(H,31,32,33). The summed E-state index contributed by atoms with van der Waals surface area (Å²) in [7, 11) is 5.82. The summed E-state index contributed by atoms with van der Waals surface area (Å²) in [5.41, 5.74) is 8.51. The molecule has 0 bridgehead atoms. The summed E-state index contributed by atoms with van der Waals surface area (Å²) in [4.78, 5) is 12.5. The molecule has 0 fully saturated rings. The van der Waals surface area contributed by atoms with Gasteiger partial charge in [0.05, 0.1) is 17.1 Å². The van der Waals surface area contributed by atoms with E-state index in [2.05, 4.69) is 32.0 Å². The number of anilines is 4. The highest BCUT2D eigenvalue weighted by Crippen LogP contribution is 2.39. The summed E-state index contributed by atoms with van der Waals surface area (Å²) < 4.78 is 43.4. The lowest BCUT2D eigenvalue weighted by Gasteiger charge is -2.26. The first-order valence-electron chi connectivity index (χ1n) is 11.6. The minimum atomic E-state index is -4.60. The van der Waals surface area contributed by atoms with Gasteiger partial charge in [0, 0.05) is 61.2 Å². The summed E-state index contributed by atoms with van der Waals surface area (Å²) >= 11 is 0. The van der Waals surface area contributed by atoms with E-state index in [1.807, 2.05) is 38.4 Å². The highest BCUT2D eigenvalue weighted by molar-refractivity contribution is 5.96. The third-order valence-electron chi connectivity index (χ3n) is 6.07. The van der Waals surface area contributed by atoms with Crippen molar-refractivity contribution in [3.05, 3.63) is 60.4 Å². The molecule has 3 N–H and O–H groups in total. The van der Waals surface area contributed by atoms with Gasteiger partial charge in [0.1, 0.15) is 5.56 Å². The maximum Gasteiger partial charge on any atom is 0.419 e. The molecule has 2 heterocycles. The van der Waals surface area contributed by atoms with Gasteiger partial charge in [0.25, 0.3) is 0 Å². The van der Waals surface area contributed by atoms with Crippen molar-refractivity contribution < 1.29 is 13.2 Å². The molecule has 0 aliphatic carbocycles. The number of nitrogens with one attached hydrogen (secondary N) is 1. The van der Waals surface area contributed by atoms with Crippen molar-refractivity contribution in [2.45, 2.75) is 13.1 Å². The molecule has 10 heteroatoms. The number of benzene rings is 2. The van der Waals surface area contributed by atoms with Crippen LogP contribution in [0.2, 0.25) is 0 Å². The molecule has 36 heavy (non-hydrogen) atoms. The molecule has 190 valence electrons. The van der Waals surface area contributed by atoms with Crippen molar-refractivity contribution in [3.8, 4) is 11.3 Å². The zero-order chi connectivity index (χ0) is 26.0. The van der Waals surface area contributed by atoms with Gasteiger partial charge >= 0.3 is 6.18 Å². The van der Waals surface area contributed by atoms with Crippen LogP contribution in [0, 0.1) is 0 Å². The molecular formula is C26H30F3N7. The number of halogens is 3. The largest absolute Gasteiger partial charge is 0.419 e. The van der Waals surface area contributed by atoms with Gasteiger partial charge in [-0.05, 0) is 45.3 Å². The van der Waals surface area contributed by atoms with Gasteiger partial charge in [0.2, 0.25) is 5.95 Å². The van der Waals surface area contributed by atoms with Gasteiger partial charge in [-0.25, -0.2) is 9.97 Å². The maximum atomic E-state index is 13.9. The second-order valence-corrected chi connectivity index (χ2v) is 8.91. The number of nitrogen functional groups attached to an aromatic ring is 1. The number of nitrogens with zero attached hydrogens (tertiary/aromatic N) is 5. The monoisotopic (exact) mass is 497 g/mol. The number of aryl methyl sites for hydroxylation is 1. The van der Waals surface area contributed by atoms with Crippen molar-refractivity contribution in [1.82, 2.24) is 19.4 Å². The van der Waals surface area contributed by atoms with Crippen LogP contribution in [-0.2, 0) is 13.2 Å².